The van der Waals surface area contributed by atoms with Crippen molar-refractivity contribution in [2.75, 3.05) is 6.54 Å². The number of fused-ring (bicyclic) bond motifs is 1. The fourth-order valence-electron chi connectivity index (χ4n) is 2.41. The number of carbonyl (C=O) groups is 2. The van der Waals surface area contributed by atoms with Crippen LogP contribution in [-0.4, -0.2) is 28.6 Å². The van der Waals surface area contributed by atoms with Crippen molar-refractivity contribution in [2.24, 2.45) is 0 Å². The number of hydrogen-bond acceptors (Lipinski definition) is 7. The molecule has 1 amide bonds. The summed E-state index contributed by atoms with van der Waals surface area (Å²) >= 11 is 7.52. The van der Waals surface area contributed by atoms with Crippen LogP contribution >= 0.6 is 22.9 Å². The van der Waals surface area contributed by atoms with Gasteiger partial charge in [-0.15, -0.1) is 21.5 Å². The van der Waals surface area contributed by atoms with Crippen LogP contribution < -0.4 is 5.32 Å². The Labute approximate surface area is 157 Å². The van der Waals surface area contributed by atoms with Crippen LogP contribution in [0.5, 0.6) is 0 Å². The molecule has 7 nitrogen and oxygen atoms in total. The number of nitrogens with zero attached hydrogens (tertiary/aromatic N) is 2. The Balaban J connectivity index is 1.30. The minimum Gasteiger partial charge on any atom is -0.454 e. The van der Waals surface area contributed by atoms with Crippen LogP contribution in [0.25, 0.3) is 10.1 Å². The number of halogens is 1. The molecule has 0 radical (unpaired) electrons. The van der Waals surface area contributed by atoms with Gasteiger partial charge in [0.1, 0.15) is 11.4 Å². The first-order valence-corrected chi connectivity index (χ1v) is 9.24. The van der Waals surface area contributed by atoms with E-state index in [1.54, 1.807) is 0 Å². The summed E-state index contributed by atoms with van der Waals surface area (Å²) in [4.78, 5) is 24.4. The van der Waals surface area contributed by atoms with E-state index in [4.69, 9.17) is 20.8 Å². The van der Waals surface area contributed by atoms with Gasteiger partial charge in [-0.1, -0.05) is 29.8 Å². The monoisotopic (exact) mass is 391 g/mol. The molecule has 0 atom stereocenters. The molecule has 1 saturated carbocycles. The number of hydrogen-bond donors (Lipinski definition) is 1. The molecule has 0 aliphatic heterocycles. The van der Waals surface area contributed by atoms with Gasteiger partial charge in [-0.3, -0.25) is 9.59 Å². The van der Waals surface area contributed by atoms with E-state index in [-0.39, 0.29) is 19.0 Å². The summed E-state index contributed by atoms with van der Waals surface area (Å²) in [7, 11) is 0. The Morgan fingerprint density at radius 2 is 2.12 bits per heavy atom. The van der Waals surface area contributed by atoms with Crippen LogP contribution in [0.4, 0.5) is 0 Å². The molecule has 9 heteroatoms. The zero-order chi connectivity index (χ0) is 18.1. The summed E-state index contributed by atoms with van der Waals surface area (Å²) in [6.45, 7) is -0.384. The van der Waals surface area contributed by atoms with Crippen LogP contribution in [0, 0.1) is 0 Å². The number of thiophene rings is 1. The largest absolute Gasteiger partial charge is 0.454 e. The van der Waals surface area contributed by atoms with E-state index in [1.165, 1.54) is 11.3 Å². The summed E-state index contributed by atoms with van der Waals surface area (Å²) in [6, 6.07) is 7.46. The van der Waals surface area contributed by atoms with Gasteiger partial charge >= 0.3 is 5.97 Å². The Hall–Kier alpha value is -2.45. The normalized spacial score (nSPS) is 13.7. The molecule has 1 N–H and O–H groups in total. The minimum absolute atomic E-state index is 0.113. The molecule has 3 aromatic rings. The lowest BCUT2D eigenvalue weighted by Crippen LogP contribution is -2.30. The maximum absolute atomic E-state index is 12.3. The summed E-state index contributed by atoms with van der Waals surface area (Å²) in [6.07, 6.45) is 2.10. The molecule has 26 heavy (non-hydrogen) atoms. The number of amides is 1. The molecule has 2 aromatic heterocycles. The Kier molecular flexibility index (Phi) is 4.60. The molecule has 1 aliphatic rings. The van der Waals surface area contributed by atoms with Crippen molar-refractivity contribution in [3.05, 3.63) is 45.9 Å². The van der Waals surface area contributed by atoms with Crippen molar-refractivity contribution in [1.29, 1.82) is 0 Å². The van der Waals surface area contributed by atoms with E-state index >= 15 is 0 Å². The van der Waals surface area contributed by atoms with Crippen molar-refractivity contribution < 1.29 is 18.7 Å². The zero-order valence-corrected chi connectivity index (χ0v) is 15.1. The number of benzene rings is 1. The molecular weight excluding hydrogens is 378 g/mol. The third-order valence-electron chi connectivity index (χ3n) is 3.90. The smallest absolute Gasteiger partial charge is 0.325 e. The lowest BCUT2D eigenvalue weighted by molar-refractivity contribution is -0.144. The van der Waals surface area contributed by atoms with E-state index in [2.05, 4.69) is 15.5 Å². The van der Waals surface area contributed by atoms with Gasteiger partial charge in [0.15, 0.2) is 6.61 Å². The summed E-state index contributed by atoms with van der Waals surface area (Å²) in [5.74, 6) is 0.170. The quantitative estimate of drug-likeness (QED) is 0.648. The molecule has 1 fully saturated rings. The van der Waals surface area contributed by atoms with Gasteiger partial charge < -0.3 is 14.5 Å². The number of ether oxygens (including phenoxy) is 1. The Bertz CT molecular complexity index is 979. The molecule has 0 saturated heterocycles. The van der Waals surface area contributed by atoms with Crippen LogP contribution in [-0.2, 0) is 16.1 Å². The lowest BCUT2D eigenvalue weighted by atomic mass is 10.2. The first kappa shape index (κ1) is 17.0. The van der Waals surface area contributed by atoms with Gasteiger partial charge in [0, 0.05) is 16.0 Å². The van der Waals surface area contributed by atoms with Gasteiger partial charge in [-0.25, -0.2) is 0 Å². The molecule has 0 spiro atoms. The first-order chi connectivity index (χ1) is 12.6. The highest BCUT2D eigenvalue weighted by Gasteiger charge is 2.29. The van der Waals surface area contributed by atoms with Crippen LogP contribution in [0.15, 0.2) is 28.7 Å². The Morgan fingerprint density at radius 3 is 2.88 bits per heavy atom. The van der Waals surface area contributed by atoms with Crippen LogP contribution in [0.1, 0.15) is 40.2 Å². The third kappa shape index (κ3) is 3.56. The zero-order valence-electron chi connectivity index (χ0n) is 13.5. The summed E-state index contributed by atoms with van der Waals surface area (Å²) in [5.41, 5.74) is 0. The van der Waals surface area contributed by atoms with E-state index < -0.39 is 11.9 Å². The average Bonchev–Trinajstić information content (AvgIpc) is 3.30. The van der Waals surface area contributed by atoms with Crippen molar-refractivity contribution in [3.63, 3.8) is 0 Å². The highest BCUT2D eigenvalue weighted by atomic mass is 35.5. The standard InChI is InChI=1S/C17H14ClN3O4S/c18-14-10-3-1-2-4-11(10)26-15(14)16(23)19-7-13(22)24-8-12-20-21-17(25-12)9-5-6-9/h1-4,9H,5-8H2,(H,19,23). The van der Waals surface area contributed by atoms with Gasteiger partial charge in [-0.2, -0.15) is 0 Å². The first-order valence-electron chi connectivity index (χ1n) is 8.05. The molecule has 0 bridgehead atoms. The van der Waals surface area contributed by atoms with Gasteiger partial charge in [0.05, 0.1) is 5.02 Å². The van der Waals surface area contributed by atoms with Crippen molar-refractivity contribution in [2.45, 2.75) is 25.4 Å². The van der Waals surface area contributed by atoms with Crippen LogP contribution in [0.2, 0.25) is 5.02 Å². The van der Waals surface area contributed by atoms with E-state index in [1.807, 2.05) is 24.3 Å². The van der Waals surface area contributed by atoms with Gasteiger partial charge in [0.25, 0.3) is 11.8 Å². The number of nitrogens with one attached hydrogen (secondary N) is 1. The fraction of sp³-hybridized carbons (Fsp3) is 0.294. The second kappa shape index (κ2) is 7.05. The Morgan fingerprint density at radius 1 is 1.31 bits per heavy atom. The second-order valence-electron chi connectivity index (χ2n) is 5.89. The van der Waals surface area contributed by atoms with E-state index in [0.717, 1.165) is 22.9 Å². The topological polar surface area (TPSA) is 94.3 Å². The molecule has 1 aliphatic carbocycles. The summed E-state index contributed by atoms with van der Waals surface area (Å²) < 4.78 is 11.3. The maximum Gasteiger partial charge on any atom is 0.325 e. The second-order valence-corrected chi connectivity index (χ2v) is 7.32. The molecule has 0 unspecified atom stereocenters. The third-order valence-corrected chi connectivity index (χ3v) is 5.57. The number of rotatable bonds is 6. The predicted octanol–water partition coefficient (Wildman–Crippen LogP) is 3.29. The lowest BCUT2D eigenvalue weighted by Gasteiger charge is -2.04. The molecular formula is C17H14ClN3O4S. The molecule has 1 aromatic carbocycles. The average molecular weight is 392 g/mol. The van der Waals surface area contributed by atoms with Crippen molar-refractivity contribution in [1.82, 2.24) is 15.5 Å². The van der Waals surface area contributed by atoms with Crippen molar-refractivity contribution in [3.8, 4) is 0 Å². The molecule has 2 heterocycles. The maximum atomic E-state index is 12.3. The van der Waals surface area contributed by atoms with Crippen LogP contribution in [0.3, 0.4) is 0 Å². The summed E-state index contributed by atoms with van der Waals surface area (Å²) in [5, 5.41) is 11.5. The van der Waals surface area contributed by atoms with Crippen molar-refractivity contribution >= 4 is 44.9 Å². The van der Waals surface area contributed by atoms with E-state index in [0.29, 0.717) is 21.7 Å². The van der Waals surface area contributed by atoms with Gasteiger partial charge in [-0.05, 0) is 18.9 Å². The highest BCUT2D eigenvalue weighted by molar-refractivity contribution is 7.21. The fourth-order valence-corrected chi connectivity index (χ4v) is 3.84. The highest BCUT2D eigenvalue weighted by Crippen LogP contribution is 2.39. The van der Waals surface area contributed by atoms with Gasteiger partial charge in [0.2, 0.25) is 5.89 Å². The molecule has 134 valence electrons. The number of esters is 1. The SMILES string of the molecule is O=C(CNC(=O)c1sc2ccccc2c1Cl)OCc1nnc(C2CC2)o1. The predicted molar refractivity (Wildman–Crippen MR) is 95.2 cm³/mol. The van der Waals surface area contributed by atoms with E-state index in [9.17, 15) is 9.59 Å². The number of aromatic nitrogens is 2. The minimum atomic E-state index is -0.596. The molecule has 4 rings (SSSR count). The number of carbonyl (C=O) groups excluding carboxylic acids is 2.